The Morgan fingerprint density at radius 3 is 2.73 bits per heavy atom. The maximum Gasteiger partial charge on any atom is 0.289 e. The molecule has 3 aromatic rings. The summed E-state index contributed by atoms with van der Waals surface area (Å²) in [4.78, 5) is 16.2. The largest absolute Gasteiger partial charge is 0.459 e. The van der Waals surface area contributed by atoms with Gasteiger partial charge in [0.1, 0.15) is 5.82 Å². The molecule has 1 amide bonds. The standard InChI is InChI=1S/C17H17FN6O2/c18-13-3-1-4-14(11-13)24-16(19-20-21-24)12-22-6-8-23(9-7-22)17(25)15-5-2-10-26-15/h1-5,10-11H,6-9,12H2. The number of carbonyl (C=O) groups is 1. The van der Waals surface area contributed by atoms with E-state index in [9.17, 15) is 9.18 Å². The van der Waals surface area contributed by atoms with E-state index in [4.69, 9.17) is 4.42 Å². The van der Waals surface area contributed by atoms with Crippen LogP contribution in [0, 0.1) is 5.82 Å². The zero-order valence-corrected chi connectivity index (χ0v) is 14.0. The summed E-state index contributed by atoms with van der Waals surface area (Å²) in [6, 6.07) is 9.51. The molecular formula is C17H17FN6O2. The first-order valence-electron chi connectivity index (χ1n) is 8.29. The minimum Gasteiger partial charge on any atom is -0.459 e. The number of rotatable bonds is 4. The average Bonchev–Trinajstić information content (AvgIpc) is 3.34. The first-order valence-corrected chi connectivity index (χ1v) is 8.29. The van der Waals surface area contributed by atoms with Crippen LogP contribution < -0.4 is 0 Å². The van der Waals surface area contributed by atoms with Crippen molar-refractivity contribution in [3.63, 3.8) is 0 Å². The SMILES string of the molecule is O=C(c1ccco1)N1CCN(Cc2nnnn2-c2cccc(F)c2)CC1. The molecule has 1 aliphatic heterocycles. The highest BCUT2D eigenvalue weighted by atomic mass is 19.1. The molecular weight excluding hydrogens is 339 g/mol. The quantitative estimate of drug-likeness (QED) is 0.702. The number of hydrogen-bond donors (Lipinski definition) is 0. The van der Waals surface area contributed by atoms with Crippen LogP contribution in [0.1, 0.15) is 16.4 Å². The Hall–Kier alpha value is -3.07. The summed E-state index contributed by atoms with van der Waals surface area (Å²) in [5.74, 6) is 0.545. The van der Waals surface area contributed by atoms with Gasteiger partial charge in [0.25, 0.3) is 5.91 Å². The monoisotopic (exact) mass is 356 g/mol. The third-order valence-corrected chi connectivity index (χ3v) is 4.34. The first kappa shape index (κ1) is 16.4. The fraction of sp³-hybridized carbons (Fsp3) is 0.294. The van der Waals surface area contributed by atoms with Crippen LogP contribution in [0.25, 0.3) is 5.69 Å². The lowest BCUT2D eigenvalue weighted by Crippen LogP contribution is -2.48. The molecule has 1 aromatic carbocycles. The van der Waals surface area contributed by atoms with Crippen molar-refractivity contribution in [3.8, 4) is 5.69 Å². The number of amides is 1. The molecule has 0 saturated carbocycles. The van der Waals surface area contributed by atoms with Crippen LogP contribution in [-0.4, -0.2) is 62.1 Å². The van der Waals surface area contributed by atoms with Crippen molar-refractivity contribution < 1.29 is 13.6 Å². The van der Waals surface area contributed by atoms with E-state index < -0.39 is 0 Å². The topological polar surface area (TPSA) is 80.3 Å². The first-order chi connectivity index (χ1) is 12.7. The summed E-state index contributed by atoms with van der Waals surface area (Å²) >= 11 is 0. The minimum absolute atomic E-state index is 0.0979. The highest BCUT2D eigenvalue weighted by Crippen LogP contribution is 2.14. The van der Waals surface area contributed by atoms with E-state index in [0.29, 0.717) is 50.0 Å². The summed E-state index contributed by atoms with van der Waals surface area (Å²) in [6.45, 7) is 3.11. The Morgan fingerprint density at radius 2 is 2.00 bits per heavy atom. The zero-order valence-electron chi connectivity index (χ0n) is 14.0. The number of nitrogens with zero attached hydrogens (tertiary/aromatic N) is 6. The van der Waals surface area contributed by atoms with E-state index in [1.54, 1.807) is 29.2 Å². The lowest BCUT2D eigenvalue weighted by molar-refractivity contribution is 0.0594. The number of carbonyl (C=O) groups excluding carboxylic acids is 1. The summed E-state index contributed by atoms with van der Waals surface area (Å²) < 4.78 is 20.1. The molecule has 3 heterocycles. The molecule has 0 radical (unpaired) electrons. The van der Waals surface area contributed by atoms with Gasteiger partial charge in [-0.3, -0.25) is 9.69 Å². The van der Waals surface area contributed by atoms with Crippen molar-refractivity contribution in [3.05, 3.63) is 60.1 Å². The third-order valence-electron chi connectivity index (χ3n) is 4.34. The number of aromatic nitrogens is 4. The van der Waals surface area contributed by atoms with Crippen LogP contribution in [0.5, 0.6) is 0 Å². The Balaban J connectivity index is 1.40. The van der Waals surface area contributed by atoms with E-state index in [2.05, 4.69) is 20.4 Å². The average molecular weight is 356 g/mol. The van der Waals surface area contributed by atoms with Gasteiger partial charge in [-0.25, -0.2) is 4.39 Å². The Bertz CT molecular complexity index is 886. The van der Waals surface area contributed by atoms with Gasteiger partial charge in [0.05, 0.1) is 18.5 Å². The molecule has 1 aliphatic rings. The summed E-state index contributed by atoms with van der Waals surface area (Å²) in [5, 5.41) is 11.7. The van der Waals surface area contributed by atoms with Crippen molar-refractivity contribution in [2.24, 2.45) is 0 Å². The predicted octanol–water partition coefficient (Wildman–Crippen LogP) is 1.35. The van der Waals surface area contributed by atoms with E-state index in [1.165, 1.54) is 23.1 Å². The van der Waals surface area contributed by atoms with Gasteiger partial charge in [0.2, 0.25) is 0 Å². The number of halogens is 1. The van der Waals surface area contributed by atoms with Gasteiger partial charge in [-0.1, -0.05) is 6.07 Å². The second-order valence-corrected chi connectivity index (χ2v) is 6.03. The van der Waals surface area contributed by atoms with E-state index >= 15 is 0 Å². The number of furan rings is 1. The fourth-order valence-corrected chi connectivity index (χ4v) is 2.98. The number of hydrogen-bond acceptors (Lipinski definition) is 6. The van der Waals surface area contributed by atoms with Crippen molar-refractivity contribution in [1.82, 2.24) is 30.0 Å². The molecule has 134 valence electrons. The molecule has 8 nitrogen and oxygen atoms in total. The smallest absolute Gasteiger partial charge is 0.289 e. The summed E-state index contributed by atoms with van der Waals surface area (Å²) in [6.07, 6.45) is 1.50. The van der Waals surface area contributed by atoms with Gasteiger partial charge < -0.3 is 9.32 Å². The molecule has 0 unspecified atom stereocenters. The highest BCUT2D eigenvalue weighted by molar-refractivity contribution is 5.91. The molecule has 0 atom stereocenters. The summed E-state index contributed by atoms with van der Waals surface area (Å²) in [5.41, 5.74) is 0.580. The van der Waals surface area contributed by atoms with Crippen molar-refractivity contribution in [2.45, 2.75) is 6.54 Å². The molecule has 0 N–H and O–H groups in total. The molecule has 2 aromatic heterocycles. The van der Waals surface area contributed by atoms with Crippen LogP contribution in [0.15, 0.2) is 47.1 Å². The molecule has 9 heteroatoms. The van der Waals surface area contributed by atoms with Crippen LogP contribution in [0.3, 0.4) is 0 Å². The second kappa shape index (κ2) is 7.04. The van der Waals surface area contributed by atoms with Crippen LogP contribution in [0.2, 0.25) is 0 Å². The second-order valence-electron chi connectivity index (χ2n) is 6.03. The van der Waals surface area contributed by atoms with Crippen LogP contribution in [-0.2, 0) is 6.54 Å². The Morgan fingerprint density at radius 1 is 1.15 bits per heavy atom. The number of benzene rings is 1. The van der Waals surface area contributed by atoms with Gasteiger partial charge in [-0.05, 0) is 40.8 Å². The van der Waals surface area contributed by atoms with E-state index in [-0.39, 0.29) is 11.7 Å². The molecule has 1 fully saturated rings. The third kappa shape index (κ3) is 3.33. The van der Waals surface area contributed by atoms with Gasteiger partial charge in [0, 0.05) is 26.2 Å². The van der Waals surface area contributed by atoms with Crippen molar-refractivity contribution >= 4 is 5.91 Å². The normalized spacial score (nSPS) is 15.3. The Kier molecular flexibility index (Phi) is 4.44. The fourth-order valence-electron chi connectivity index (χ4n) is 2.98. The molecule has 4 rings (SSSR count). The minimum atomic E-state index is -0.339. The lowest BCUT2D eigenvalue weighted by atomic mass is 10.2. The number of piperazine rings is 1. The van der Waals surface area contributed by atoms with Crippen LogP contribution >= 0.6 is 0 Å². The van der Waals surface area contributed by atoms with Gasteiger partial charge in [0.15, 0.2) is 11.6 Å². The zero-order chi connectivity index (χ0) is 17.9. The molecule has 0 aliphatic carbocycles. The summed E-state index contributed by atoms with van der Waals surface area (Å²) in [7, 11) is 0. The van der Waals surface area contributed by atoms with Gasteiger partial charge in [-0.2, -0.15) is 4.68 Å². The maximum absolute atomic E-state index is 13.4. The maximum atomic E-state index is 13.4. The van der Waals surface area contributed by atoms with Gasteiger partial charge >= 0.3 is 0 Å². The van der Waals surface area contributed by atoms with Crippen molar-refractivity contribution in [2.75, 3.05) is 26.2 Å². The Labute approximate surface area is 148 Å². The molecule has 1 saturated heterocycles. The van der Waals surface area contributed by atoms with E-state index in [0.717, 1.165) is 0 Å². The number of tetrazole rings is 1. The lowest BCUT2D eigenvalue weighted by Gasteiger charge is -2.33. The predicted molar refractivity (Wildman–Crippen MR) is 89.0 cm³/mol. The highest BCUT2D eigenvalue weighted by Gasteiger charge is 2.24. The van der Waals surface area contributed by atoms with E-state index in [1.807, 2.05) is 0 Å². The molecule has 26 heavy (non-hydrogen) atoms. The van der Waals surface area contributed by atoms with Gasteiger partial charge in [-0.15, -0.1) is 5.10 Å². The molecule has 0 spiro atoms. The van der Waals surface area contributed by atoms with Crippen LogP contribution in [0.4, 0.5) is 4.39 Å². The molecule has 0 bridgehead atoms. The van der Waals surface area contributed by atoms with Crippen molar-refractivity contribution in [1.29, 1.82) is 0 Å².